The van der Waals surface area contributed by atoms with Crippen LogP contribution in [0.3, 0.4) is 0 Å². The minimum absolute atomic E-state index is 0.194. The van der Waals surface area contributed by atoms with Crippen LogP contribution in [0.4, 0.5) is 5.69 Å². The van der Waals surface area contributed by atoms with Crippen LogP contribution in [0.1, 0.15) is 0 Å². The summed E-state index contributed by atoms with van der Waals surface area (Å²) in [7, 11) is 4.65. The van der Waals surface area contributed by atoms with Gasteiger partial charge < -0.3 is 24.3 Å². The maximum absolute atomic E-state index is 10.3. The van der Waals surface area contributed by atoms with Gasteiger partial charge in [0.2, 0.25) is 0 Å². The summed E-state index contributed by atoms with van der Waals surface area (Å²) in [5.74, 6) is 1.77. The number of aldehydes is 1. The van der Waals surface area contributed by atoms with Crippen molar-refractivity contribution in [3.8, 4) is 17.2 Å². The number of anilines is 1. The van der Waals surface area contributed by atoms with Gasteiger partial charge in [0.15, 0.2) is 0 Å². The molecule has 1 aromatic rings. The largest absolute Gasteiger partial charge is 0.496 e. The van der Waals surface area contributed by atoms with Crippen LogP contribution in [0.2, 0.25) is 0 Å². The van der Waals surface area contributed by atoms with Crippen LogP contribution >= 0.6 is 0 Å². The number of benzene rings is 1. The van der Waals surface area contributed by atoms with E-state index < -0.39 is 0 Å². The van der Waals surface area contributed by atoms with Gasteiger partial charge in [0.25, 0.3) is 0 Å². The number of methoxy groups -OCH3 is 3. The molecule has 1 rings (SSSR count). The van der Waals surface area contributed by atoms with Gasteiger partial charge >= 0.3 is 0 Å². The van der Waals surface area contributed by atoms with E-state index in [1.165, 1.54) is 0 Å². The van der Waals surface area contributed by atoms with Crippen molar-refractivity contribution in [1.82, 2.24) is 0 Å². The Morgan fingerprint density at radius 2 is 1.69 bits per heavy atom. The Labute approximate surface area is 94.3 Å². The zero-order valence-corrected chi connectivity index (χ0v) is 9.57. The lowest BCUT2D eigenvalue weighted by Crippen LogP contribution is -2.06. The van der Waals surface area contributed by atoms with Crippen molar-refractivity contribution in [3.63, 3.8) is 0 Å². The third-order valence-corrected chi connectivity index (χ3v) is 2.08. The van der Waals surface area contributed by atoms with Crippen molar-refractivity contribution >= 4 is 12.0 Å². The summed E-state index contributed by atoms with van der Waals surface area (Å²) in [6.07, 6.45) is 0.767. The fourth-order valence-electron chi connectivity index (χ4n) is 1.32. The zero-order valence-electron chi connectivity index (χ0n) is 9.57. The van der Waals surface area contributed by atoms with Gasteiger partial charge in [-0.1, -0.05) is 0 Å². The van der Waals surface area contributed by atoms with Gasteiger partial charge in [0.05, 0.1) is 27.9 Å². The standard InChI is InChI=1S/C11H15NO4/c1-14-8-6-9(15-2)11(12-4-5-13)10(7-8)16-3/h5-7,12H,4H2,1-3H3. The molecule has 0 saturated carbocycles. The van der Waals surface area contributed by atoms with Gasteiger partial charge in [-0.15, -0.1) is 0 Å². The Bertz CT molecular complexity index is 340. The molecule has 1 N–H and O–H groups in total. The maximum atomic E-state index is 10.3. The van der Waals surface area contributed by atoms with Crippen molar-refractivity contribution in [1.29, 1.82) is 0 Å². The Morgan fingerprint density at radius 3 is 2.06 bits per heavy atom. The molecule has 5 nitrogen and oxygen atoms in total. The molecule has 0 aliphatic heterocycles. The van der Waals surface area contributed by atoms with E-state index in [1.807, 2.05) is 0 Å². The minimum Gasteiger partial charge on any atom is -0.496 e. The SMILES string of the molecule is COc1cc(OC)c(NCC=O)c(OC)c1. The van der Waals surface area contributed by atoms with Crippen molar-refractivity contribution in [2.75, 3.05) is 33.2 Å². The van der Waals surface area contributed by atoms with E-state index in [4.69, 9.17) is 14.2 Å². The van der Waals surface area contributed by atoms with Gasteiger partial charge in [-0.05, 0) is 0 Å². The average molecular weight is 225 g/mol. The normalized spacial score (nSPS) is 9.44. The van der Waals surface area contributed by atoms with Crippen molar-refractivity contribution in [2.24, 2.45) is 0 Å². The number of rotatable bonds is 6. The van der Waals surface area contributed by atoms with Crippen LogP contribution in [0.15, 0.2) is 12.1 Å². The second-order valence-electron chi connectivity index (χ2n) is 2.95. The summed E-state index contributed by atoms with van der Waals surface area (Å²) in [5.41, 5.74) is 0.637. The lowest BCUT2D eigenvalue weighted by molar-refractivity contribution is -0.106. The molecule has 0 aromatic heterocycles. The molecular weight excluding hydrogens is 210 g/mol. The van der Waals surface area contributed by atoms with E-state index in [2.05, 4.69) is 5.32 Å². The van der Waals surface area contributed by atoms with Crippen LogP contribution in [0.5, 0.6) is 17.2 Å². The number of ether oxygens (including phenoxy) is 3. The quantitative estimate of drug-likeness (QED) is 0.740. The predicted octanol–water partition coefficient (Wildman–Crippen LogP) is 1.32. The smallest absolute Gasteiger partial charge is 0.149 e. The van der Waals surface area contributed by atoms with Gasteiger partial charge in [0, 0.05) is 12.1 Å². The molecule has 0 aliphatic carbocycles. The number of carbonyl (C=O) groups excluding carboxylic acids is 1. The molecule has 0 spiro atoms. The van der Waals surface area contributed by atoms with Crippen molar-refractivity contribution in [3.05, 3.63) is 12.1 Å². The summed E-state index contributed by atoms with van der Waals surface area (Å²) in [6, 6.07) is 3.44. The molecular formula is C11H15NO4. The van der Waals surface area contributed by atoms with E-state index in [9.17, 15) is 4.79 Å². The first kappa shape index (κ1) is 12.2. The van der Waals surface area contributed by atoms with E-state index in [0.717, 1.165) is 6.29 Å². The average Bonchev–Trinajstić information content (AvgIpc) is 2.35. The molecule has 1 aromatic carbocycles. The third kappa shape index (κ3) is 2.56. The number of carbonyl (C=O) groups is 1. The highest BCUT2D eigenvalue weighted by Crippen LogP contribution is 2.38. The first-order valence-corrected chi connectivity index (χ1v) is 4.74. The second-order valence-corrected chi connectivity index (χ2v) is 2.95. The number of hydrogen-bond donors (Lipinski definition) is 1. The molecule has 5 heteroatoms. The molecule has 0 heterocycles. The Hall–Kier alpha value is -1.91. The first-order chi connectivity index (χ1) is 7.76. The van der Waals surface area contributed by atoms with E-state index >= 15 is 0 Å². The molecule has 0 bridgehead atoms. The van der Waals surface area contributed by atoms with Gasteiger partial charge in [-0.3, -0.25) is 0 Å². The fraction of sp³-hybridized carbons (Fsp3) is 0.364. The molecule has 0 amide bonds. The first-order valence-electron chi connectivity index (χ1n) is 4.74. The zero-order chi connectivity index (χ0) is 12.0. The topological polar surface area (TPSA) is 56.8 Å². The van der Waals surface area contributed by atoms with Gasteiger partial charge in [-0.25, -0.2) is 0 Å². The molecule has 0 unspecified atom stereocenters. The van der Waals surface area contributed by atoms with Crippen LogP contribution < -0.4 is 19.5 Å². The van der Waals surface area contributed by atoms with Crippen LogP contribution in [0, 0.1) is 0 Å². The molecule has 0 atom stereocenters. The van der Waals surface area contributed by atoms with Gasteiger partial charge in [0.1, 0.15) is 29.2 Å². The molecule has 0 aliphatic rings. The van der Waals surface area contributed by atoms with Crippen LogP contribution in [-0.2, 0) is 4.79 Å². The fourth-order valence-corrected chi connectivity index (χ4v) is 1.32. The Morgan fingerprint density at radius 1 is 1.12 bits per heavy atom. The predicted molar refractivity (Wildman–Crippen MR) is 60.7 cm³/mol. The Kier molecular flexibility index (Phi) is 4.44. The molecule has 0 fully saturated rings. The highest BCUT2D eigenvalue weighted by Gasteiger charge is 2.12. The number of hydrogen-bond acceptors (Lipinski definition) is 5. The molecule has 88 valence electrons. The minimum atomic E-state index is 0.194. The van der Waals surface area contributed by atoms with Gasteiger partial charge in [-0.2, -0.15) is 0 Å². The lowest BCUT2D eigenvalue weighted by atomic mass is 10.2. The van der Waals surface area contributed by atoms with E-state index in [-0.39, 0.29) is 6.54 Å². The van der Waals surface area contributed by atoms with Crippen molar-refractivity contribution in [2.45, 2.75) is 0 Å². The van der Waals surface area contributed by atoms with Crippen LogP contribution in [0.25, 0.3) is 0 Å². The summed E-state index contributed by atoms with van der Waals surface area (Å²) in [4.78, 5) is 10.3. The lowest BCUT2D eigenvalue weighted by Gasteiger charge is -2.15. The second kappa shape index (κ2) is 5.85. The summed E-state index contributed by atoms with van der Waals surface area (Å²) >= 11 is 0. The highest BCUT2D eigenvalue weighted by molar-refractivity contribution is 5.71. The summed E-state index contributed by atoms with van der Waals surface area (Å²) in [5, 5.41) is 2.91. The van der Waals surface area contributed by atoms with Crippen LogP contribution in [-0.4, -0.2) is 34.2 Å². The Balaban J connectivity index is 3.14. The molecule has 16 heavy (non-hydrogen) atoms. The molecule has 0 radical (unpaired) electrons. The highest BCUT2D eigenvalue weighted by atomic mass is 16.5. The molecule has 0 saturated heterocycles. The van der Waals surface area contributed by atoms with E-state index in [0.29, 0.717) is 22.9 Å². The third-order valence-electron chi connectivity index (χ3n) is 2.08. The van der Waals surface area contributed by atoms with E-state index in [1.54, 1.807) is 33.5 Å². The van der Waals surface area contributed by atoms with Crippen molar-refractivity contribution < 1.29 is 19.0 Å². The summed E-state index contributed by atoms with van der Waals surface area (Å²) in [6.45, 7) is 0.194. The number of nitrogens with one attached hydrogen (secondary N) is 1. The summed E-state index contributed by atoms with van der Waals surface area (Å²) < 4.78 is 15.5. The monoisotopic (exact) mass is 225 g/mol. The maximum Gasteiger partial charge on any atom is 0.149 e.